The molecule has 0 spiro atoms. The minimum atomic E-state index is 1.12. The van der Waals surface area contributed by atoms with Gasteiger partial charge in [0, 0.05) is 21.9 Å². The van der Waals surface area contributed by atoms with Crippen molar-refractivity contribution >= 4 is 44.3 Å². The number of aryl methyl sites for hydroxylation is 2. The molecular weight excluding hydrogens is 438 g/mol. The zero-order valence-corrected chi connectivity index (χ0v) is 19.1. The highest BCUT2D eigenvalue weighted by Gasteiger charge is 2.13. The summed E-state index contributed by atoms with van der Waals surface area (Å²) in [6.45, 7) is 4.35. The summed E-state index contributed by atoms with van der Waals surface area (Å²) in [4.78, 5) is 3.60. The van der Waals surface area contributed by atoms with Gasteiger partial charge >= 0.3 is 0 Å². The molecule has 0 bridgehead atoms. The van der Waals surface area contributed by atoms with Crippen LogP contribution in [0, 0.1) is 6.92 Å². The Bertz CT molecular complexity index is 1060. The van der Waals surface area contributed by atoms with E-state index in [1.165, 1.54) is 39.4 Å². The Hall–Kier alpha value is -2.36. The number of hydrogen-bond acceptors (Lipinski definition) is 2. The second-order valence-electron chi connectivity index (χ2n) is 7.24. The Balaban J connectivity index is 1.72. The number of halogens is 1. The first kappa shape index (κ1) is 19.9. The fraction of sp³-hybridized carbons (Fsp3) is 0.154. The molecule has 3 aromatic carbocycles. The van der Waals surface area contributed by atoms with Gasteiger partial charge in [0.25, 0.3) is 0 Å². The maximum absolute atomic E-state index is 3.56. The van der Waals surface area contributed by atoms with Crippen LogP contribution in [0.1, 0.15) is 24.5 Å². The molecule has 146 valence electrons. The summed E-state index contributed by atoms with van der Waals surface area (Å²) in [6, 6.07) is 30.8. The first-order chi connectivity index (χ1) is 14.1. The van der Waals surface area contributed by atoms with Crippen LogP contribution in [0.4, 0.5) is 17.1 Å². The third kappa shape index (κ3) is 4.63. The van der Waals surface area contributed by atoms with Crippen LogP contribution in [0.25, 0.3) is 10.4 Å². The Morgan fingerprint density at radius 1 is 0.724 bits per heavy atom. The van der Waals surface area contributed by atoms with E-state index < -0.39 is 0 Å². The zero-order chi connectivity index (χ0) is 20.2. The van der Waals surface area contributed by atoms with Gasteiger partial charge in [-0.3, -0.25) is 0 Å². The highest BCUT2D eigenvalue weighted by atomic mass is 79.9. The van der Waals surface area contributed by atoms with Crippen molar-refractivity contribution < 1.29 is 0 Å². The summed E-state index contributed by atoms with van der Waals surface area (Å²) < 4.78 is 1.16. The fourth-order valence-corrected chi connectivity index (χ4v) is 4.88. The molecule has 0 saturated carbocycles. The van der Waals surface area contributed by atoms with Crippen LogP contribution in [0.2, 0.25) is 0 Å². The van der Waals surface area contributed by atoms with Gasteiger partial charge in [0.05, 0.1) is 3.79 Å². The minimum absolute atomic E-state index is 1.12. The summed E-state index contributed by atoms with van der Waals surface area (Å²) in [5.41, 5.74) is 7.41. The molecule has 0 aliphatic rings. The monoisotopic (exact) mass is 461 g/mol. The topological polar surface area (TPSA) is 3.24 Å². The largest absolute Gasteiger partial charge is 0.311 e. The molecule has 3 heteroatoms. The van der Waals surface area contributed by atoms with Gasteiger partial charge in [-0.05, 0) is 88.9 Å². The van der Waals surface area contributed by atoms with Crippen molar-refractivity contribution in [1.29, 1.82) is 0 Å². The summed E-state index contributed by atoms with van der Waals surface area (Å²) >= 11 is 5.32. The molecule has 1 aromatic heterocycles. The Morgan fingerprint density at radius 3 is 1.79 bits per heavy atom. The molecule has 0 atom stereocenters. The molecule has 0 radical (unpaired) electrons. The quantitative estimate of drug-likeness (QED) is 0.277. The standard InChI is InChI=1S/C26H24BrNS/c1-3-4-20-7-13-23(14-8-20)28(22-11-5-19(2)6-12-22)24-15-9-21(10-16-24)25-17-18-26(27)29-25/h5-18H,3-4H2,1-2H3. The smallest absolute Gasteiger partial charge is 0.0705 e. The van der Waals surface area contributed by atoms with Crippen molar-refractivity contribution in [3.8, 4) is 10.4 Å². The summed E-state index contributed by atoms with van der Waals surface area (Å²) in [5, 5.41) is 0. The van der Waals surface area contributed by atoms with Gasteiger partial charge in [-0.1, -0.05) is 55.3 Å². The number of rotatable bonds is 6. The van der Waals surface area contributed by atoms with Crippen molar-refractivity contribution in [3.05, 3.63) is 99.8 Å². The summed E-state index contributed by atoms with van der Waals surface area (Å²) in [5.74, 6) is 0. The molecule has 1 heterocycles. The lowest BCUT2D eigenvalue weighted by molar-refractivity contribution is 0.922. The van der Waals surface area contributed by atoms with Crippen molar-refractivity contribution in [2.24, 2.45) is 0 Å². The lowest BCUT2D eigenvalue weighted by Crippen LogP contribution is -2.09. The maximum Gasteiger partial charge on any atom is 0.0705 e. The van der Waals surface area contributed by atoms with Crippen molar-refractivity contribution in [1.82, 2.24) is 0 Å². The van der Waals surface area contributed by atoms with Gasteiger partial charge in [0.15, 0.2) is 0 Å². The number of benzene rings is 3. The molecule has 0 N–H and O–H groups in total. The van der Waals surface area contributed by atoms with Crippen LogP contribution in [0.15, 0.2) is 88.7 Å². The van der Waals surface area contributed by atoms with E-state index in [-0.39, 0.29) is 0 Å². The normalized spacial score (nSPS) is 10.9. The van der Waals surface area contributed by atoms with Gasteiger partial charge in [0.2, 0.25) is 0 Å². The van der Waals surface area contributed by atoms with E-state index in [1.807, 2.05) is 0 Å². The van der Waals surface area contributed by atoms with Crippen LogP contribution in [-0.2, 0) is 6.42 Å². The lowest BCUT2D eigenvalue weighted by atomic mass is 10.1. The van der Waals surface area contributed by atoms with E-state index in [1.54, 1.807) is 11.3 Å². The van der Waals surface area contributed by atoms with Gasteiger partial charge in [-0.2, -0.15) is 0 Å². The van der Waals surface area contributed by atoms with Crippen molar-refractivity contribution in [2.75, 3.05) is 4.90 Å². The van der Waals surface area contributed by atoms with Crippen LogP contribution < -0.4 is 4.90 Å². The van der Waals surface area contributed by atoms with E-state index in [0.29, 0.717) is 0 Å². The molecule has 0 unspecified atom stereocenters. The van der Waals surface area contributed by atoms with E-state index in [4.69, 9.17) is 0 Å². The fourth-order valence-electron chi connectivity index (χ4n) is 3.49. The average molecular weight is 462 g/mol. The van der Waals surface area contributed by atoms with Crippen molar-refractivity contribution in [2.45, 2.75) is 26.7 Å². The SMILES string of the molecule is CCCc1ccc(N(c2ccc(C)cc2)c2ccc(-c3ccc(Br)s3)cc2)cc1. The average Bonchev–Trinajstić information content (AvgIpc) is 3.18. The maximum atomic E-state index is 3.56. The second-order valence-corrected chi connectivity index (χ2v) is 9.70. The number of anilines is 3. The number of thiophene rings is 1. The van der Waals surface area contributed by atoms with Gasteiger partial charge in [-0.15, -0.1) is 11.3 Å². The molecule has 0 aliphatic carbocycles. The van der Waals surface area contributed by atoms with Crippen LogP contribution in [0.5, 0.6) is 0 Å². The molecule has 0 amide bonds. The molecule has 0 aliphatic heterocycles. The second kappa shape index (κ2) is 8.98. The molecule has 4 rings (SSSR count). The summed E-state index contributed by atoms with van der Waals surface area (Å²) in [6.07, 6.45) is 2.29. The van der Waals surface area contributed by atoms with Crippen LogP contribution >= 0.6 is 27.3 Å². The van der Waals surface area contributed by atoms with E-state index in [0.717, 1.165) is 15.9 Å². The van der Waals surface area contributed by atoms with Gasteiger partial charge in [-0.25, -0.2) is 0 Å². The summed E-state index contributed by atoms with van der Waals surface area (Å²) in [7, 11) is 0. The van der Waals surface area contributed by atoms with Crippen LogP contribution in [-0.4, -0.2) is 0 Å². The van der Waals surface area contributed by atoms with E-state index >= 15 is 0 Å². The molecule has 0 fully saturated rings. The van der Waals surface area contributed by atoms with E-state index in [9.17, 15) is 0 Å². The third-order valence-corrected chi connectivity index (χ3v) is 6.68. The Kier molecular flexibility index (Phi) is 6.17. The molecule has 29 heavy (non-hydrogen) atoms. The van der Waals surface area contributed by atoms with Gasteiger partial charge < -0.3 is 4.90 Å². The van der Waals surface area contributed by atoms with E-state index in [2.05, 4.69) is 120 Å². The number of hydrogen-bond donors (Lipinski definition) is 0. The van der Waals surface area contributed by atoms with Crippen molar-refractivity contribution in [3.63, 3.8) is 0 Å². The molecule has 4 aromatic rings. The van der Waals surface area contributed by atoms with Gasteiger partial charge in [0.1, 0.15) is 0 Å². The Labute approximate surface area is 185 Å². The number of nitrogens with zero attached hydrogens (tertiary/aromatic N) is 1. The minimum Gasteiger partial charge on any atom is -0.311 e. The predicted octanol–water partition coefficient (Wildman–Crippen LogP) is 8.91. The highest BCUT2D eigenvalue weighted by molar-refractivity contribution is 9.11. The first-order valence-corrected chi connectivity index (χ1v) is 11.6. The first-order valence-electron chi connectivity index (χ1n) is 9.95. The third-order valence-electron chi connectivity index (χ3n) is 5.01. The highest BCUT2D eigenvalue weighted by Crippen LogP contribution is 2.37. The Morgan fingerprint density at radius 2 is 1.28 bits per heavy atom. The lowest BCUT2D eigenvalue weighted by Gasteiger charge is -2.26. The van der Waals surface area contributed by atoms with Crippen LogP contribution in [0.3, 0.4) is 0 Å². The molecule has 0 saturated heterocycles. The molecule has 1 nitrogen and oxygen atoms in total. The zero-order valence-electron chi connectivity index (χ0n) is 16.7. The predicted molar refractivity (Wildman–Crippen MR) is 131 cm³/mol. The molecular formula is C26H24BrNS.